The molecule has 1 heterocycles. The van der Waals surface area contributed by atoms with E-state index in [0.29, 0.717) is 10.9 Å². The number of carbonyl (C=O) groups is 1. The lowest BCUT2D eigenvalue weighted by atomic mass is 9.86. The summed E-state index contributed by atoms with van der Waals surface area (Å²) in [5.41, 5.74) is -0.153. The first-order valence-corrected chi connectivity index (χ1v) is 11.0. The fraction of sp³-hybridized carbons (Fsp3) is 0.364. The van der Waals surface area contributed by atoms with E-state index >= 15 is 0 Å². The summed E-state index contributed by atoms with van der Waals surface area (Å²) in [6.07, 6.45) is -1.31. The maximum absolute atomic E-state index is 13.0. The Morgan fingerprint density at radius 3 is 2.56 bits per heavy atom. The summed E-state index contributed by atoms with van der Waals surface area (Å²) in [5, 5.41) is 15.0. The summed E-state index contributed by atoms with van der Waals surface area (Å²) in [5.74, 6) is 0.561. The first kappa shape index (κ1) is 22.7. The van der Waals surface area contributed by atoms with Gasteiger partial charge in [0.15, 0.2) is 5.82 Å². The molecule has 0 saturated heterocycles. The molecule has 32 heavy (non-hydrogen) atoms. The monoisotopic (exact) mass is 484 g/mol. The zero-order chi connectivity index (χ0) is 22.9. The molecule has 0 radical (unpaired) electrons. The summed E-state index contributed by atoms with van der Waals surface area (Å²) >= 11 is 12.0. The molecule has 1 saturated carbocycles. The molecular formula is C22H21Cl2F3N4O. The van der Waals surface area contributed by atoms with E-state index in [2.05, 4.69) is 20.8 Å². The number of benzene rings is 2. The van der Waals surface area contributed by atoms with Crippen molar-refractivity contribution in [2.75, 3.05) is 11.9 Å². The van der Waals surface area contributed by atoms with Crippen LogP contribution in [0, 0.1) is 5.92 Å². The smallest absolute Gasteiger partial charge is 0.368 e. The number of rotatable bonds is 5. The Hall–Kier alpha value is -2.45. The summed E-state index contributed by atoms with van der Waals surface area (Å²) in [6, 6.07) is 8.20. The lowest BCUT2D eigenvalue weighted by Crippen LogP contribution is -2.38. The second kappa shape index (κ2) is 9.19. The molecule has 1 aliphatic carbocycles. The van der Waals surface area contributed by atoms with Crippen molar-refractivity contribution >= 4 is 45.8 Å². The quantitative estimate of drug-likeness (QED) is 0.398. The minimum absolute atomic E-state index is 0.000261. The maximum atomic E-state index is 13.0. The zero-order valence-corrected chi connectivity index (χ0v) is 18.4. The van der Waals surface area contributed by atoms with Gasteiger partial charge in [-0.3, -0.25) is 9.89 Å². The largest absolute Gasteiger partial charge is 0.416 e. The molecule has 1 fully saturated rings. The number of anilines is 1. The van der Waals surface area contributed by atoms with Gasteiger partial charge >= 0.3 is 6.18 Å². The second-order valence-corrected chi connectivity index (χ2v) is 8.87. The zero-order valence-electron chi connectivity index (χ0n) is 16.9. The molecular weight excluding hydrogens is 464 g/mol. The number of halogens is 5. The third kappa shape index (κ3) is 5.13. The summed E-state index contributed by atoms with van der Waals surface area (Å²) in [4.78, 5) is 12.5. The molecule has 2 aromatic carbocycles. The molecule has 1 aromatic heterocycles. The van der Waals surface area contributed by atoms with Crippen molar-refractivity contribution in [2.24, 2.45) is 5.92 Å². The maximum Gasteiger partial charge on any atom is 0.416 e. The van der Waals surface area contributed by atoms with E-state index in [9.17, 15) is 18.0 Å². The topological polar surface area (TPSA) is 69.8 Å². The van der Waals surface area contributed by atoms with Gasteiger partial charge in [-0.25, -0.2) is 0 Å². The van der Waals surface area contributed by atoms with Crippen molar-refractivity contribution in [3.05, 3.63) is 57.6 Å². The molecule has 4 rings (SSSR count). The van der Waals surface area contributed by atoms with Crippen LogP contribution >= 0.6 is 23.2 Å². The Bertz CT molecular complexity index is 1120. The van der Waals surface area contributed by atoms with Gasteiger partial charge in [0.1, 0.15) is 0 Å². The van der Waals surface area contributed by atoms with Crippen LogP contribution in [0.1, 0.15) is 41.6 Å². The third-order valence-electron chi connectivity index (χ3n) is 5.80. The van der Waals surface area contributed by atoms with Gasteiger partial charge in [-0.1, -0.05) is 23.2 Å². The number of amides is 1. The molecule has 0 spiro atoms. The van der Waals surface area contributed by atoms with Gasteiger partial charge in [-0.2, -0.15) is 18.3 Å². The van der Waals surface area contributed by atoms with Crippen LogP contribution in [0.15, 0.2) is 36.4 Å². The number of hydrogen-bond donors (Lipinski definition) is 3. The third-order valence-corrected chi connectivity index (χ3v) is 6.37. The Balaban J connectivity index is 1.30. The van der Waals surface area contributed by atoms with Crippen molar-refractivity contribution in [1.29, 1.82) is 0 Å². The van der Waals surface area contributed by atoms with Crippen LogP contribution < -0.4 is 10.6 Å². The molecule has 1 amide bonds. The second-order valence-electron chi connectivity index (χ2n) is 8.03. The lowest BCUT2D eigenvalue weighted by molar-refractivity contribution is -0.137. The van der Waals surface area contributed by atoms with E-state index in [1.807, 2.05) is 12.1 Å². The van der Waals surface area contributed by atoms with Crippen LogP contribution in [-0.4, -0.2) is 28.7 Å². The summed E-state index contributed by atoms with van der Waals surface area (Å²) in [7, 11) is 0. The number of fused-ring (bicyclic) bond motifs is 1. The standard InChI is InChI=1S/C22H21Cl2F3N4O/c23-14-4-8-19-17(10-14)20(31-30-19)28-11-12-1-5-15(6-2-12)29-21(32)16-9-13(22(25,26)27)3-7-18(16)24/h3-4,7-10,12,15H,1-2,5-6,11H2,(H,29,32)(H2,28,30,31). The van der Waals surface area contributed by atoms with Gasteiger partial charge in [0, 0.05) is 23.0 Å². The highest BCUT2D eigenvalue weighted by Gasteiger charge is 2.32. The van der Waals surface area contributed by atoms with Gasteiger partial charge in [-0.05, 0) is 68.0 Å². The first-order valence-electron chi connectivity index (χ1n) is 10.3. The minimum Gasteiger partial charge on any atom is -0.368 e. The lowest BCUT2D eigenvalue weighted by Gasteiger charge is -2.29. The Morgan fingerprint density at radius 1 is 1.09 bits per heavy atom. The van der Waals surface area contributed by atoms with E-state index in [1.54, 1.807) is 6.07 Å². The van der Waals surface area contributed by atoms with Gasteiger partial charge in [0.2, 0.25) is 0 Å². The number of aromatic nitrogens is 2. The highest BCUT2D eigenvalue weighted by atomic mass is 35.5. The van der Waals surface area contributed by atoms with E-state index in [4.69, 9.17) is 23.2 Å². The molecule has 0 atom stereocenters. The van der Waals surface area contributed by atoms with E-state index in [0.717, 1.165) is 67.1 Å². The predicted octanol–water partition coefficient (Wildman–Crippen LogP) is 6.29. The minimum atomic E-state index is -4.53. The molecule has 3 N–H and O–H groups in total. The first-order chi connectivity index (χ1) is 15.2. The Kier molecular flexibility index (Phi) is 6.53. The van der Waals surface area contributed by atoms with Gasteiger partial charge < -0.3 is 10.6 Å². The summed E-state index contributed by atoms with van der Waals surface area (Å²) < 4.78 is 38.9. The molecule has 5 nitrogen and oxygen atoms in total. The fourth-order valence-corrected chi connectivity index (χ4v) is 4.39. The molecule has 170 valence electrons. The number of alkyl halides is 3. The number of nitrogens with zero attached hydrogens (tertiary/aromatic N) is 1. The predicted molar refractivity (Wildman–Crippen MR) is 119 cm³/mol. The molecule has 1 aliphatic rings. The molecule has 0 aliphatic heterocycles. The molecule has 10 heteroatoms. The van der Waals surface area contributed by atoms with Gasteiger partial charge in [0.05, 0.1) is 21.7 Å². The van der Waals surface area contributed by atoms with Crippen molar-refractivity contribution in [3.8, 4) is 0 Å². The van der Waals surface area contributed by atoms with Crippen molar-refractivity contribution in [1.82, 2.24) is 15.5 Å². The van der Waals surface area contributed by atoms with E-state index in [-0.39, 0.29) is 16.6 Å². The highest BCUT2D eigenvalue weighted by molar-refractivity contribution is 6.33. The van der Waals surface area contributed by atoms with Gasteiger partial charge in [0.25, 0.3) is 5.91 Å². The number of aromatic amines is 1. The SMILES string of the molecule is O=C(NC1CCC(CNc2n[nH]c3ccc(Cl)cc23)CC1)c1cc(C(F)(F)F)ccc1Cl. The number of carbonyl (C=O) groups excluding carboxylic acids is 1. The van der Waals surface area contributed by atoms with Crippen molar-refractivity contribution < 1.29 is 18.0 Å². The average molecular weight is 485 g/mol. The molecule has 0 unspecified atom stereocenters. The number of H-pyrrole nitrogens is 1. The van der Waals surface area contributed by atoms with Crippen LogP contribution in [0.25, 0.3) is 10.9 Å². The Labute approximate surface area is 192 Å². The molecule has 3 aromatic rings. The summed E-state index contributed by atoms with van der Waals surface area (Å²) in [6.45, 7) is 0.729. The van der Waals surface area contributed by atoms with Crippen LogP contribution in [0.3, 0.4) is 0 Å². The van der Waals surface area contributed by atoms with Crippen LogP contribution in [0.4, 0.5) is 19.0 Å². The van der Waals surface area contributed by atoms with Crippen LogP contribution in [-0.2, 0) is 6.18 Å². The number of nitrogens with one attached hydrogen (secondary N) is 3. The van der Waals surface area contributed by atoms with E-state index in [1.165, 1.54) is 0 Å². The Morgan fingerprint density at radius 2 is 1.84 bits per heavy atom. The highest BCUT2D eigenvalue weighted by Crippen LogP contribution is 2.32. The fourth-order valence-electron chi connectivity index (χ4n) is 4.01. The van der Waals surface area contributed by atoms with Crippen LogP contribution in [0.2, 0.25) is 10.0 Å². The van der Waals surface area contributed by atoms with Crippen LogP contribution in [0.5, 0.6) is 0 Å². The van der Waals surface area contributed by atoms with Gasteiger partial charge in [-0.15, -0.1) is 0 Å². The van der Waals surface area contributed by atoms with Crippen molar-refractivity contribution in [2.45, 2.75) is 37.9 Å². The average Bonchev–Trinajstić information content (AvgIpc) is 3.14. The van der Waals surface area contributed by atoms with E-state index < -0.39 is 17.6 Å². The number of hydrogen-bond acceptors (Lipinski definition) is 3. The normalized spacial score (nSPS) is 19.2. The molecule has 0 bridgehead atoms. The van der Waals surface area contributed by atoms with Crippen molar-refractivity contribution in [3.63, 3.8) is 0 Å².